The van der Waals surface area contributed by atoms with E-state index < -0.39 is 0 Å². The highest BCUT2D eigenvalue weighted by molar-refractivity contribution is 5.88. The van der Waals surface area contributed by atoms with E-state index in [0.29, 0.717) is 19.5 Å². The molecule has 1 saturated heterocycles. The van der Waals surface area contributed by atoms with E-state index in [-0.39, 0.29) is 23.8 Å². The first-order valence-corrected chi connectivity index (χ1v) is 10.1. The Labute approximate surface area is 170 Å². The van der Waals surface area contributed by atoms with Gasteiger partial charge in [0, 0.05) is 43.3 Å². The molecule has 0 radical (unpaired) electrons. The number of aromatic amines is 1. The number of H-pyrrole nitrogens is 1. The lowest BCUT2D eigenvalue weighted by Gasteiger charge is -2.36. The lowest BCUT2D eigenvalue weighted by molar-refractivity contribution is -0.132. The molecule has 1 aliphatic rings. The van der Waals surface area contributed by atoms with E-state index in [0.717, 1.165) is 35.0 Å². The fourth-order valence-corrected chi connectivity index (χ4v) is 4.25. The molecule has 1 atom stereocenters. The third-order valence-corrected chi connectivity index (χ3v) is 5.75. The number of para-hydroxylation sites is 1. The molecule has 2 amide bonds. The fourth-order valence-electron chi connectivity index (χ4n) is 4.25. The second-order valence-corrected chi connectivity index (χ2v) is 7.69. The molecule has 6 heteroatoms. The summed E-state index contributed by atoms with van der Waals surface area (Å²) >= 11 is 0. The normalized spacial score (nSPS) is 16.0. The minimum absolute atomic E-state index is 0.0569. The van der Waals surface area contributed by atoms with Crippen LogP contribution in [0.5, 0.6) is 0 Å². The van der Waals surface area contributed by atoms with Gasteiger partial charge in [-0.25, -0.2) is 0 Å². The maximum Gasteiger partial charge on any atom is 0.227 e. The zero-order valence-electron chi connectivity index (χ0n) is 16.6. The predicted octanol–water partition coefficient (Wildman–Crippen LogP) is 3.22. The lowest BCUT2D eigenvalue weighted by atomic mass is 9.87. The monoisotopic (exact) mass is 390 g/mol. The lowest BCUT2D eigenvalue weighted by Crippen LogP contribution is -2.43. The number of piperidine rings is 1. The van der Waals surface area contributed by atoms with Gasteiger partial charge < -0.3 is 15.2 Å². The van der Waals surface area contributed by atoms with Gasteiger partial charge in [0.1, 0.15) is 0 Å². The van der Waals surface area contributed by atoms with Gasteiger partial charge in [-0.15, -0.1) is 0 Å². The van der Waals surface area contributed by atoms with Crippen molar-refractivity contribution in [3.8, 4) is 0 Å². The summed E-state index contributed by atoms with van der Waals surface area (Å²) in [7, 11) is 0. The van der Waals surface area contributed by atoms with Gasteiger partial charge in [0.25, 0.3) is 0 Å². The van der Waals surface area contributed by atoms with Crippen molar-refractivity contribution in [3.63, 3.8) is 0 Å². The van der Waals surface area contributed by atoms with E-state index in [1.807, 2.05) is 53.6 Å². The van der Waals surface area contributed by atoms with E-state index in [4.69, 9.17) is 0 Å². The topological polar surface area (TPSA) is 78.1 Å². The van der Waals surface area contributed by atoms with Crippen molar-refractivity contribution in [1.29, 1.82) is 0 Å². The van der Waals surface area contributed by atoms with E-state index in [9.17, 15) is 9.59 Å². The molecule has 150 valence electrons. The number of nitrogens with one attached hydrogen (secondary N) is 2. The molecule has 6 nitrogen and oxygen atoms in total. The van der Waals surface area contributed by atoms with Crippen molar-refractivity contribution < 1.29 is 9.59 Å². The number of hydrogen-bond acceptors (Lipinski definition) is 3. The molecular weight excluding hydrogens is 364 g/mol. The third kappa shape index (κ3) is 4.31. The molecule has 1 aromatic carbocycles. The maximum absolute atomic E-state index is 12.9. The molecule has 3 heterocycles. The molecule has 1 unspecified atom stereocenters. The van der Waals surface area contributed by atoms with Gasteiger partial charge in [-0.2, -0.15) is 0 Å². The van der Waals surface area contributed by atoms with Gasteiger partial charge in [0.2, 0.25) is 11.8 Å². The van der Waals surface area contributed by atoms with E-state index in [1.165, 1.54) is 6.92 Å². The largest absolute Gasteiger partial charge is 0.361 e. The third-order valence-electron chi connectivity index (χ3n) is 5.75. The second-order valence-electron chi connectivity index (χ2n) is 7.69. The molecule has 29 heavy (non-hydrogen) atoms. The number of likely N-dealkylation sites (tertiary alicyclic amines) is 1. The molecular formula is C23H26N4O2. The molecule has 4 rings (SSSR count). The summed E-state index contributed by atoms with van der Waals surface area (Å²) in [6.07, 6.45) is 5.79. The van der Waals surface area contributed by atoms with Crippen LogP contribution in [0.25, 0.3) is 10.9 Å². The van der Waals surface area contributed by atoms with Crippen LogP contribution in [0, 0.1) is 5.92 Å². The predicted molar refractivity (Wildman–Crippen MR) is 112 cm³/mol. The van der Waals surface area contributed by atoms with Gasteiger partial charge in [0.15, 0.2) is 0 Å². The molecule has 0 aliphatic carbocycles. The summed E-state index contributed by atoms with van der Waals surface area (Å²) in [4.78, 5) is 34.2. The fraction of sp³-hybridized carbons (Fsp3) is 0.348. The van der Waals surface area contributed by atoms with Gasteiger partial charge in [-0.1, -0.05) is 24.3 Å². The Morgan fingerprint density at radius 2 is 1.93 bits per heavy atom. The van der Waals surface area contributed by atoms with Crippen LogP contribution in [0.3, 0.4) is 0 Å². The van der Waals surface area contributed by atoms with Crippen molar-refractivity contribution in [1.82, 2.24) is 20.2 Å². The number of nitrogens with zero attached hydrogens (tertiary/aromatic N) is 2. The second kappa shape index (κ2) is 8.47. The van der Waals surface area contributed by atoms with Gasteiger partial charge in [-0.3, -0.25) is 14.6 Å². The van der Waals surface area contributed by atoms with Crippen LogP contribution in [0.1, 0.15) is 37.1 Å². The number of fused-ring (bicyclic) bond motifs is 1. The van der Waals surface area contributed by atoms with Crippen LogP contribution in [-0.4, -0.2) is 39.8 Å². The highest BCUT2D eigenvalue weighted by Gasteiger charge is 2.30. The van der Waals surface area contributed by atoms with Crippen LogP contribution >= 0.6 is 0 Å². The molecule has 3 aromatic rings. The Bertz CT molecular complexity index is 990. The van der Waals surface area contributed by atoms with Crippen molar-refractivity contribution in [2.75, 3.05) is 13.1 Å². The Hall–Kier alpha value is -3.15. The molecule has 1 aliphatic heterocycles. The number of rotatable bonds is 5. The average Bonchev–Trinajstić information content (AvgIpc) is 3.15. The standard InChI is InChI=1S/C23H26N4O2/c1-16(28)26-23(21-8-4-5-11-24-21)17-9-12-27(13-10-17)22(29)14-18-15-25-20-7-3-2-6-19(18)20/h2-8,11,15,17,23,25H,9-10,12-14H2,1H3,(H,26,28). The first kappa shape index (κ1) is 19.2. The molecule has 0 saturated carbocycles. The molecule has 0 bridgehead atoms. The quantitative estimate of drug-likeness (QED) is 0.702. The van der Waals surface area contributed by atoms with E-state index in [2.05, 4.69) is 15.3 Å². The van der Waals surface area contributed by atoms with Gasteiger partial charge in [0.05, 0.1) is 18.2 Å². The van der Waals surface area contributed by atoms with Gasteiger partial charge >= 0.3 is 0 Å². The Morgan fingerprint density at radius 3 is 2.66 bits per heavy atom. The van der Waals surface area contributed by atoms with Crippen LogP contribution in [0.4, 0.5) is 0 Å². The number of carbonyl (C=O) groups is 2. The molecule has 2 N–H and O–H groups in total. The highest BCUT2D eigenvalue weighted by Crippen LogP contribution is 2.30. The summed E-state index contributed by atoms with van der Waals surface area (Å²) in [5.41, 5.74) is 2.98. The average molecular weight is 390 g/mol. The minimum atomic E-state index is -0.112. The Morgan fingerprint density at radius 1 is 1.17 bits per heavy atom. The van der Waals surface area contributed by atoms with Crippen molar-refractivity contribution in [2.24, 2.45) is 5.92 Å². The summed E-state index contributed by atoms with van der Waals surface area (Å²) in [6.45, 7) is 2.94. The van der Waals surface area contributed by atoms with E-state index >= 15 is 0 Å². The first-order valence-electron chi connectivity index (χ1n) is 10.1. The zero-order chi connectivity index (χ0) is 20.2. The minimum Gasteiger partial charge on any atom is -0.361 e. The summed E-state index contributed by atoms with van der Waals surface area (Å²) in [5, 5.41) is 4.17. The number of benzene rings is 1. The summed E-state index contributed by atoms with van der Waals surface area (Å²) in [5.74, 6) is 0.367. The number of amides is 2. The van der Waals surface area contributed by atoms with Crippen LogP contribution in [-0.2, 0) is 16.0 Å². The Balaban J connectivity index is 1.40. The van der Waals surface area contributed by atoms with Crippen molar-refractivity contribution in [2.45, 2.75) is 32.2 Å². The highest BCUT2D eigenvalue weighted by atomic mass is 16.2. The zero-order valence-corrected chi connectivity index (χ0v) is 16.6. The number of aromatic nitrogens is 2. The van der Waals surface area contributed by atoms with Crippen LogP contribution < -0.4 is 5.32 Å². The van der Waals surface area contributed by atoms with Crippen LogP contribution in [0.15, 0.2) is 54.9 Å². The maximum atomic E-state index is 12.9. The molecule has 0 spiro atoms. The number of carbonyl (C=O) groups excluding carboxylic acids is 2. The Kier molecular flexibility index (Phi) is 5.60. The van der Waals surface area contributed by atoms with Crippen molar-refractivity contribution >= 4 is 22.7 Å². The van der Waals surface area contributed by atoms with Crippen LogP contribution in [0.2, 0.25) is 0 Å². The van der Waals surface area contributed by atoms with Gasteiger partial charge in [-0.05, 0) is 42.5 Å². The first-order chi connectivity index (χ1) is 14.1. The number of hydrogen-bond donors (Lipinski definition) is 2. The van der Waals surface area contributed by atoms with E-state index in [1.54, 1.807) is 6.20 Å². The SMILES string of the molecule is CC(=O)NC(c1ccccn1)C1CCN(C(=O)Cc2c[nH]c3ccccc23)CC1. The van der Waals surface area contributed by atoms with Crippen molar-refractivity contribution in [3.05, 3.63) is 66.1 Å². The molecule has 1 fully saturated rings. The number of pyridine rings is 1. The summed E-state index contributed by atoms with van der Waals surface area (Å²) < 4.78 is 0. The smallest absolute Gasteiger partial charge is 0.227 e. The molecule has 2 aromatic heterocycles. The summed E-state index contributed by atoms with van der Waals surface area (Å²) in [6, 6.07) is 13.7.